The average Bonchev–Trinajstić information content (AvgIpc) is 2.87. The van der Waals surface area contributed by atoms with Crippen LogP contribution in [0, 0.1) is 0 Å². The van der Waals surface area contributed by atoms with Gasteiger partial charge in [-0.1, -0.05) is 49.4 Å². The quantitative estimate of drug-likeness (QED) is 0.281. The predicted octanol–water partition coefficient (Wildman–Crippen LogP) is 7.85. The first-order chi connectivity index (χ1) is 17.0. The second-order valence-corrected chi connectivity index (χ2v) is 8.20. The number of nitrogens with one attached hydrogen (secondary N) is 2. The molecular weight excluding hydrogens is 434 g/mol. The molecule has 0 aliphatic rings. The molecule has 182 valence electrons. The summed E-state index contributed by atoms with van der Waals surface area (Å²) in [6.07, 6.45) is 3.50. The summed E-state index contributed by atoms with van der Waals surface area (Å²) in [5.74, 6) is 2.08. The normalized spacial score (nSPS) is 11.7. The Morgan fingerprint density at radius 1 is 0.914 bits per heavy atom. The molecule has 35 heavy (non-hydrogen) atoms. The lowest BCUT2D eigenvalue weighted by Crippen LogP contribution is -2.08. The van der Waals surface area contributed by atoms with Crippen LogP contribution in [0.5, 0.6) is 11.5 Å². The number of hydrogen-bond acceptors (Lipinski definition) is 5. The minimum atomic E-state index is 0.668. The van der Waals surface area contributed by atoms with Crippen molar-refractivity contribution >= 4 is 28.8 Å². The Morgan fingerprint density at radius 3 is 2.23 bits per heavy atom. The summed E-state index contributed by atoms with van der Waals surface area (Å²) in [5, 5.41) is 6.66. The van der Waals surface area contributed by atoms with E-state index in [1.165, 1.54) is 16.7 Å². The topological polar surface area (TPSA) is 54.9 Å². The van der Waals surface area contributed by atoms with Crippen molar-refractivity contribution < 1.29 is 9.47 Å². The summed E-state index contributed by atoms with van der Waals surface area (Å²) in [5.41, 5.74) is 7.60. The number of methoxy groups -OCH3 is 2. The number of allylic oxidation sites excluding steroid dienone is 2. The fraction of sp³-hybridized carbons (Fsp3) is 0.233. The summed E-state index contributed by atoms with van der Waals surface area (Å²) in [6, 6.07) is 22.4. The van der Waals surface area contributed by atoms with Crippen LogP contribution in [-0.4, -0.2) is 20.4 Å². The number of ether oxygens (including phenoxy) is 2. The van der Waals surface area contributed by atoms with E-state index in [9.17, 15) is 0 Å². The lowest BCUT2D eigenvalue weighted by atomic mass is 9.91. The highest BCUT2D eigenvalue weighted by Crippen LogP contribution is 2.40. The summed E-state index contributed by atoms with van der Waals surface area (Å²) < 4.78 is 11.1. The van der Waals surface area contributed by atoms with Crippen molar-refractivity contribution in [1.82, 2.24) is 0 Å². The Morgan fingerprint density at radius 2 is 1.57 bits per heavy atom. The third kappa shape index (κ3) is 6.76. The lowest BCUT2D eigenvalue weighted by molar-refractivity contribution is 0.355. The van der Waals surface area contributed by atoms with E-state index in [4.69, 9.17) is 9.47 Å². The molecule has 0 aliphatic carbocycles. The summed E-state index contributed by atoms with van der Waals surface area (Å²) in [4.78, 5) is 4.64. The molecule has 0 unspecified atom stereocenters. The predicted molar refractivity (Wildman–Crippen MR) is 149 cm³/mol. The molecule has 0 amide bonds. The molecule has 0 bridgehead atoms. The molecule has 0 radical (unpaired) electrons. The van der Waals surface area contributed by atoms with Crippen molar-refractivity contribution in [3.63, 3.8) is 0 Å². The van der Waals surface area contributed by atoms with E-state index in [0.29, 0.717) is 17.3 Å². The SMILES string of the molecule is C=C(Nc1ccccc1)Nc1cccc(C/C(=C(/C)CC)c2cc(OC)c(OC)cc2/N=C\C)c1. The summed E-state index contributed by atoms with van der Waals surface area (Å²) in [7, 11) is 3.30. The molecule has 3 aromatic rings. The minimum absolute atomic E-state index is 0.668. The van der Waals surface area contributed by atoms with Crippen LogP contribution < -0.4 is 20.1 Å². The summed E-state index contributed by atoms with van der Waals surface area (Å²) >= 11 is 0. The third-order valence-electron chi connectivity index (χ3n) is 5.81. The number of anilines is 2. The average molecular weight is 470 g/mol. The maximum atomic E-state index is 5.61. The van der Waals surface area contributed by atoms with Gasteiger partial charge in [-0.25, -0.2) is 0 Å². The van der Waals surface area contributed by atoms with Gasteiger partial charge in [0.1, 0.15) is 5.82 Å². The molecule has 0 saturated carbocycles. The van der Waals surface area contributed by atoms with Gasteiger partial charge in [0.15, 0.2) is 11.5 Å². The molecular formula is C30H35N3O2. The molecule has 0 fully saturated rings. The van der Waals surface area contributed by atoms with Crippen LogP contribution in [-0.2, 0) is 6.42 Å². The van der Waals surface area contributed by atoms with Gasteiger partial charge in [0.25, 0.3) is 0 Å². The van der Waals surface area contributed by atoms with Crippen LogP contribution in [0.15, 0.2) is 89.7 Å². The van der Waals surface area contributed by atoms with Crippen molar-refractivity contribution in [3.8, 4) is 11.5 Å². The highest BCUT2D eigenvalue weighted by Gasteiger charge is 2.16. The van der Waals surface area contributed by atoms with E-state index in [-0.39, 0.29) is 0 Å². The first-order valence-electron chi connectivity index (χ1n) is 11.8. The van der Waals surface area contributed by atoms with E-state index in [1.807, 2.05) is 55.5 Å². The van der Waals surface area contributed by atoms with Gasteiger partial charge in [0.2, 0.25) is 0 Å². The molecule has 0 spiro atoms. The molecule has 0 heterocycles. The molecule has 5 nitrogen and oxygen atoms in total. The second kappa shape index (κ2) is 12.5. The van der Waals surface area contributed by atoms with Crippen molar-refractivity contribution in [2.45, 2.75) is 33.6 Å². The zero-order valence-corrected chi connectivity index (χ0v) is 21.3. The van der Waals surface area contributed by atoms with Gasteiger partial charge in [-0.15, -0.1) is 0 Å². The number of benzene rings is 3. The van der Waals surface area contributed by atoms with E-state index in [0.717, 1.165) is 35.5 Å². The van der Waals surface area contributed by atoms with Crippen LogP contribution in [0.3, 0.4) is 0 Å². The Bertz CT molecular complexity index is 1210. The molecule has 0 atom stereocenters. The van der Waals surface area contributed by atoms with Crippen LogP contribution in [0.25, 0.3) is 5.57 Å². The monoisotopic (exact) mass is 469 g/mol. The summed E-state index contributed by atoms with van der Waals surface area (Å²) in [6.45, 7) is 10.4. The smallest absolute Gasteiger partial charge is 0.162 e. The van der Waals surface area contributed by atoms with Crippen LogP contribution in [0.2, 0.25) is 0 Å². The molecule has 5 heteroatoms. The molecule has 2 N–H and O–H groups in total. The molecule has 0 aromatic heterocycles. The fourth-order valence-corrected chi connectivity index (χ4v) is 3.91. The number of aliphatic imine (C=N–C) groups is 1. The molecule has 0 aliphatic heterocycles. The Labute approximate surface area is 209 Å². The Kier molecular flexibility index (Phi) is 9.13. The van der Waals surface area contributed by atoms with Gasteiger partial charge in [-0.05, 0) is 68.2 Å². The van der Waals surface area contributed by atoms with E-state index < -0.39 is 0 Å². The number of nitrogens with zero attached hydrogens (tertiary/aromatic N) is 1. The van der Waals surface area contributed by atoms with Crippen LogP contribution >= 0.6 is 0 Å². The maximum absolute atomic E-state index is 5.61. The molecule has 3 aromatic carbocycles. The number of rotatable bonds is 11. The van der Waals surface area contributed by atoms with Gasteiger partial charge in [-0.2, -0.15) is 0 Å². The molecule has 0 saturated heterocycles. The van der Waals surface area contributed by atoms with Crippen molar-refractivity contribution in [3.05, 3.63) is 95.8 Å². The van der Waals surface area contributed by atoms with Crippen LogP contribution in [0.1, 0.15) is 38.3 Å². The largest absolute Gasteiger partial charge is 0.493 e. The Balaban J connectivity index is 1.91. The van der Waals surface area contributed by atoms with E-state index >= 15 is 0 Å². The first kappa shape index (κ1) is 25.6. The van der Waals surface area contributed by atoms with Crippen molar-refractivity contribution in [2.75, 3.05) is 24.9 Å². The third-order valence-corrected chi connectivity index (χ3v) is 5.81. The molecule has 3 rings (SSSR count). The van der Waals surface area contributed by atoms with Gasteiger partial charge in [0.05, 0.1) is 19.9 Å². The number of hydrogen-bond donors (Lipinski definition) is 2. The van der Waals surface area contributed by atoms with Gasteiger partial charge in [0, 0.05) is 29.2 Å². The van der Waals surface area contributed by atoms with Gasteiger partial charge >= 0.3 is 0 Å². The minimum Gasteiger partial charge on any atom is -0.493 e. The number of para-hydroxylation sites is 1. The first-order valence-corrected chi connectivity index (χ1v) is 11.8. The van der Waals surface area contributed by atoms with Crippen molar-refractivity contribution in [2.24, 2.45) is 4.99 Å². The Hall–Kier alpha value is -3.99. The highest BCUT2D eigenvalue weighted by molar-refractivity contribution is 5.82. The van der Waals surface area contributed by atoms with Gasteiger partial charge < -0.3 is 20.1 Å². The highest BCUT2D eigenvalue weighted by atomic mass is 16.5. The standard InChI is InChI=1S/C30H35N3O2/c1-7-21(3)26(27-19-29(34-5)30(35-6)20-28(27)31-8-2)18-23-13-12-16-25(17-23)33-22(4)32-24-14-10-9-11-15-24/h8-17,19-20,32-33H,4,7,18H2,1-3,5-6H3/b26-21+,31-8-. The van der Waals surface area contributed by atoms with Gasteiger partial charge in [-0.3, -0.25) is 4.99 Å². The van der Waals surface area contributed by atoms with Crippen LogP contribution in [0.4, 0.5) is 17.1 Å². The van der Waals surface area contributed by atoms with Crippen molar-refractivity contribution in [1.29, 1.82) is 0 Å². The fourth-order valence-electron chi connectivity index (χ4n) is 3.91. The second-order valence-electron chi connectivity index (χ2n) is 8.20. The zero-order chi connectivity index (χ0) is 25.2. The van der Waals surface area contributed by atoms with E-state index in [1.54, 1.807) is 20.4 Å². The van der Waals surface area contributed by atoms with E-state index in [2.05, 4.69) is 54.3 Å². The zero-order valence-electron chi connectivity index (χ0n) is 21.3. The lowest BCUT2D eigenvalue weighted by Gasteiger charge is -2.18. The maximum Gasteiger partial charge on any atom is 0.162 e.